The topological polar surface area (TPSA) is 0 Å². The largest absolute Gasteiger partial charge is 0.269 e. The Bertz CT molecular complexity index is 507. The second kappa shape index (κ2) is 8.46. The van der Waals surface area contributed by atoms with Crippen molar-refractivity contribution in [1.82, 2.24) is 0 Å². The van der Waals surface area contributed by atoms with Crippen molar-refractivity contribution in [2.45, 2.75) is 50.9 Å². The van der Waals surface area contributed by atoms with E-state index in [1.54, 1.807) is 0 Å². The lowest BCUT2D eigenvalue weighted by molar-refractivity contribution is 0.141. The average molecular weight is 332 g/mol. The molecule has 0 amide bonds. The number of unbranched alkanes of at least 4 members (excludes halogenated alkanes) is 1. The fraction of sp³-hybridized carbons (Fsp3) is 0.556. The Morgan fingerprint density at radius 3 is 2.17 bits per heavy atom. The van der Waals surface area contributed by atoms with E-state index in [0.717, 1.165) is 44.2 Å². The van der Waals surface area contributed by atoms with Crippen molar-refractivity contribution >= 4 is 0 Å². The van der Waals surface area contributed by atoms with Crippen LogP contribution in [-0.2, 0) is 0 Å². The lowest BCUT2D eigenvalue weighted by Gasteiger charge is -2.27. The first-order chi connectivity index (χ1) is 11.0. The summed E-state index contributed by atoms with van der Waals surface area (Å²) in [5.41, 5.74) is -0.678. The molecular formula is C18H21F5. The lowest BCUT2D eigenvalue weighted by Crippen LogP contribution is -2.13. The number of allylic oxidation sites excluding steroid dienone is 2. The van der Waals surface area contributed by atoms with Crippen LogP contribution in [0, 0.1) is 17.6 Å². The molecular weight excluding hydrogens is 311 g/mol. The van der Waals surface area contributed by atoms with E-state index in [4.69, 9.17) is 0 Å². The summed E-state index contributed by atoms with van der Waals surface area (Å²) in [7, 11) is 0. The van der Waals surface area contributed by atoms with Crippen molar-refractivity contribution in [1.29, 1.82) is 0 Å². The van der Waals surface area contributed by atoms with Gasteiger partial charge in [0, 0.05) is 0 Å². The normalized spacial score (nSPS) is 22.2. The number of rotatable bonds is 6. The highest BCUT2D eigenvalue weighted by Gasteiger charge is 2.25. The lowest BCUT2D eigenvalue weighted by atomic mass is 9.78. The molecule has 0 aliphatic heterocycles. The summed E-state index contributed by atoms with van der Waals surface area (Å²) in [5, 5.41) is 0. The predicted molar refractivity (Wildman–Crippen MR) is 80.4 cm³/mol. The Morgan fingerprint density at radius 1 is 1.04 bits per heavy atom. The zero-order chi connectivity index (χ0) is 16.8. The van der Waals surface area contributed by atoms with Crippen LogP contribution in [0.15, 0.2) is 24.3 Å². The minimum Gasteiger partial charge on any atom is -0.251 e. The highest BCUT2D eigenvalue weighted by Crippen LogP contribution is 2.38. The van der Waals surface area contributed by atoms with E-state index in [2.05, 4.69) is 6.08 Å². The fourth-order valence-electron chi connectivity index (χ4n) is 3.18. The first-order valence-corrected chi connectivity index (χ1v) is 8.02. The Kier molecular flexibility index (Phi) is 6.60. The second-order valence-corrected chi connectivity index (χ2v) is 6.07. The highest BCUT2D eigenvalue weighted by atomic mass is 19.3. The van der Waals surface area contributed by atoms with Crippen LogP contribution < -0.4 is 0 Å². The standard InChI is InChI=1S/C18H21F5/c19-9-3-1-2-4-12-5-7-13(8-6-12)14-10-15(20)17(18(22)23)16(21)11-14/h2,4,10-13,18H,1,3,5-9H2/t12-,13-. The monoisotopic (exact) mass is 332 g/mol. The molecule has 0 N–H and O–H groups in total. The number of alkyl halides is 3. The van der Waals surface area contributed by atoms with Crippen molar-refractivity contribution in [3.05, 3.63) is 47.0 Å². The van der Waals surface area contributed by atoms with E-state index in [0.29, 0.717) is 17.9 Å². The molecule has 0 radical (unpaired) electrons. The summed E-state index contributed by atoms with van der Waals surface area (Å²) in [4.78, 5) is 0. The van der Waals surface area contributed by atoms with Gasteiger partial charge in [-0.1, -0.05) is 12.2 Å². The van der Waals surface area contributed by atoms with Crippen LogP contribution in [-0.4, -0.2) is 6.67 Å². The first kappa shape index (κ1) is 18.0. The van der Waals surface area contributed by atoms with Gasteiger partial charge in [0.2, 0.25) is 0 Å². The van der Waals surface area contributed by atoms with Gasteiger partial charge >= 0.3 is 0 Å². The smallest absolute Gasteiger partial charge is 0.251 e. The predicted octanol–water partition coefficient (Wildman–Crippen LogP) is 6.48. The van der Waals surface area contributed by atoms with E-state index >= 15 is 0 Å². The third-order valence-corrected chi connectivity index (χ3v) is 4.48. The van der Waals surface area contributed by atoms with Crippen LogP contribution in [0.25, 0.3) is 0 Å². The fourth-order valence-corrected chi connectivity index (χ4v) is 3.18. The van der Waals surface area contributed by atoms with Crippen molar-refractivity contribution in [2.24, 2.45) is 5.92 Å². The van der Waals surface area contributed by atoms with Crippen LogP contribution in [0.5, 0.6) is 0 Å². The quantitative estimate of drug-likeness (QED) is 0.318. The maximum Gasteiger partial charge on any atom is 0.269 e. The molecule has 0 aromatic heterocycles. The maximum absolute atomic E-state index is 13.7. The molecule has 23 heavy (non-hydrogen) atoms. The van der Waals surface area contributed by atoms with Crippen LogP contribution in [0.3, 0.4) is 0 Å². The number of benzene rings is 1. The van der Waals surface area contributed by atoms with Crippen LogP contribution in [0.4, 0.5) is 22.0 Å². The van der Waals surface area contributed by atoms with Gasteiger partial charge in [-0.3, -0.25) is 4.39 Å². The molecule has 1 aromatic rings. The number of hydrogen-bond donors (Lipinski definition) is 0. The number of hydrogen-bond acceptors (Lipinski definition) is 0. The van der Waals surface area contributed by atoms with E-state index in [-0.39, 0.29) is 12.6 Å². The molecule has 0 spiro atoms. The Hall–Kier alpha value is -1.39. The van der Waals surface area contributed by atoms with Crippen LogP contribution >= 0.6 is 0 Å². The zero-order valence-electron chi connectivity index (χ0n) is 12.9. The Labute approximate surface area is 133 Å². The zero-order valence-corrected chi connectivity index (χ0v) is 12.9. The Balaban J connectivity index is 1.96. The maximum atomic E-state index is 13.7. The molecule has 0 heterocycles. The van der Waals surface area contributed by atoms with Gasteiger partial charge in [-0.05, 0) is 68.1 Å². The van der Waals surface area contributed by atoms with E-state index in [1.807, 2.05) is 6.08 Å². The summed E-state index contributed by atoms with van der Waals surface area (Å²) in [6, 6.07) is 2.10. The summed E-state index contributed by atoms with van der Waals surface area (Å²) < 4.78 is 64.5. The van der Waals surface area contributed by atoms with Gasteiger partial charge in [0.15, 0.2) is 0 Å². The molecule has 128 valence electrons. The van der Waals surface area contributed by atoms with Crippen molar-refractivity contribution < 1.29 is 22.0 Å². The molecule has 1 aliphatic rings. The minimum atomic E-state index is -3.14. The van der Waals surface area contributed by atoms with E-state index in [9.17, 15) is 22.0 Å². The summed E-state index contributed by atoms with van der Waals surface area (Å²) in [6.45, 7) is -0.317. The molecule has 0 saturated heterocycles. The third kappa shape index (κ3) is 4.79. The van der Waals surface area contributed by atoms with E-state index in [1.165, 1.54) is 0 Å². The highest BCUT2D eigenvalue weighted by molar-refractivity contribution is 5.29. The van der Waals surface area contributed by atoms with Crippen molar-refractivity contribution in [3.8, 4) is 0 Å². The molecule has 0 atom stereocenters. The van der Waals surface area contributed by atoms with Gasteiger partial charge in [0.1, 0.15) is 11.6 Å². The molecule has 5 heteroatoms. The average Bonchev–Trinajstić information content (AvgIpc) is 2.51. The molecule has 0 unspecified atom stereocenters. The van der Waals surface area contributed by atoms with E-state index < -0.39 is 23.6 Å². The molecule has 0 nitrogen and oxygen atoms in total. The van der Waals surface area contributed by atoms with Crippen LogP contribution in [0.2, 0.25) is 0 Å². The van der Waals surface area contributed by atoms with Gasteiger partial charge in [0.05, 0.1) is 12.2 Å². The third-order valence-electron chi connectivity index (χ3n) is 4.48. The minimum absolute atomic E-state index is 0.00112. The molecule has 1 fully saturated rings. The van der Waals surface area contributed by atoms with Crippen LogP contribution in [0.1, 0.15) is 62.0 Å². The summed E-state index contributed by atoms with van der Waals surface area (Å²) in [5.74, 6) is -1.92. The first-order valence-electron chi connectivity index (χ1n) is 8.02. The Morgan fingerprint density at radius 2 is 1.65 bits per heavy atom. The number of halogens is 5. The molecule has 1 aliphatic carbocycles. The van der Waals surface area contributed by atoms with Gasteiger partial charge in [-0.2, -0.15) is 0 Å². The second-order valence-electron chi connectivity index (χ2n) is 6.07. The van der Waals surface area contributed by atoms with Crippen molar-refractivity contribution in [3.63, 3.8) is 0 Å². The van der Waals surface area contributed by atoms with Gasteiger partial charge in [-0.25, -0.2) is 17.6 Å². The summed E-state index contributed by atoms with van der Waals surface area (Å²) in [6.07, 6.45) is 5.50. The van der Waals surface area contributed by atoms with Gasteiger partial charge in [0.25, 0.3) is 6.43 Å². The molecule has 1 saturated carbocycles. The molecule has 1 aromatic carbocycles. The van der Waals surface area contributed by atoms with Gasteiger partial charge < -0.3 is 0 Å². The molecule has 2 rings (SSSR count). The summed E-state index contributed by atoms with van der Waals surface area (Å²) >= 11 is 0. The SMILES string of the molecule is FCCCC=C[C@H]1CC[C@H](c2cc(F)c(C(F)F)c(F)c2)CC1. The molecule has 0 bridgehead atoms. The van der Waals surface area contributed by atoms with Crippen molar-refractivity contribution in [2.75, 3.05) is 6.67 Å². The van der Waals surface area contributed by atoms with Gasteiger partial charge in [-0.15, -0.1) is 0 Å².